The van der Waals surface area contributed by atoms with Crippen LogP contribution in [0.15, 0.2) is 36.8 Å². The van der Waals surface area contributed by atoms with Crippen molar-refractivity contribution in [3.05, 3.63) is 42.5 Å². The fourth-order valence-corrected chi connectivity index (χ4v) is 2.12. The Bertz CT molecular complexity index is 942. The third-order valence-electron chi connectivity index (χ3n) is 3.14. The van der Waals surface area contributed by atoms with Crippen molar-refractivity contribution in [1.29, 1.82) is 0 Å². The minimum Gasteiger partial charge on any atom is -0.346 e. The number of aromatic amines is 1. The summed E-state index contributed by atoms with van der Waals surface area (Å²) in [6.07, 6.45) is 1.88. The molecule has 0 aliphatic rings. The van der Waals surface area contributed by atoms with Crippen molar-refractivity contribution < 1.29 is 8.78 Å². The number of H-pyrrole nitrogens is 1. The molecular weight excluding hydrogens is 278 g/mol. The minimum absolute atomic E-state index is 0.257. The van der Waals surface area contributed by atoms with E-state index in [0.29, 0.717) is 22.8 Å². The van der Waals surface area contributed by atoms with E-state index < -0.39 is 6.43 Å². The van der Waals surface area contributed by atoms with Crippen LogP contribution in [0.4, 0.5) is 8.78 Å². The summed E-state index contributed by atoms with van der Waals surface area (Å²) in [5.74, 6) is 0.362. The van der Waals surface area contributed by atoms with Gasteiger partial charge in [-0.15, -0.1) is 0 Å². The van der Waals surface area contributed by atoms with Gasteiger partial charge in [0.15, 0.2) is 11.5 Å². The van der Waals surface area contributed by atoms with Crippen molar-refractivity contribution in [2.75, 3.05) is 0 Å². The Hall–Kier alpha value is -2.90. The third-order valence-corrected chi connectivity index (χ3v) is 3.14. The fourth-order valence-electron chi connectivity index (χ4n) is 2.12. The van der Waals surface area contributed by atoms with Crippen molar-refractivity contribution in [3.8, 4) is 11.5 Å². The summed E-state index contributed by atoms with van der Waals surface area (Å²) in [5.41, 5.74) is 1.17. The van der Waals surface area contributed by atoms with Crippen LogP contribution in [0.5, 0.6) is 0 Å². The summed E-state index contributed by atoms with van der Waals surface area (Å²) in [5, 5.41) is 5.02. The first kappa shape index (κ1) is 11.9. The van der Waals surface area contributed by atoms with Gasteiger partial charge in [-0.3, -0.25) is 0 Å². The standard InChI is InChI=1S/C13H8F2N6/c14-11(15)9-6-17-10-2-1-8(20-21(9)10)13-18-5-7-3-4-16-12(7)19-13/h1-6,11H,(H,16,18,19). The predicted octanol–water partition coefficient (Wildman–Crippen LogP) is 2.61. The number of alkyl halides is 2. The Balaban J connectivity index is 1.90. The Labute approximate surface area is 116 Å². The van der Waals surface area contributed by atoms with Crippen molar-refractivity contribution in [3.63, 3.8) is 0 Å². The van der Waals surface area contributed by atoms with Gasteiger partial charge in [-0.05, 0) is 18.2 Å². The normalized spacial score (nSPS) is 11.8. The number of nitrogens with one attached hydrogen (secondary N) is 1. The molecular formula is C13H8F2N6. The molecule has 0 aromatic carbocycles. The molecule has 104 valence electrons. The van der Waals surface area contributed by atoms with E-state index in [-0.39, 0.29) is 5.69 Å². The molecule has 21 heavy (non-hydrogen) atoms. The van der Waals surface area contributed by atoms with E-state index >= 15 is 0 Å². The van der Waals surface area contributed by atoms with Crippen LogP contribution in [0.3, 0.4) is 0 Å². The van der Waals surface area contributed by atoms with E-state index in [1.54, 1.807) is 24.5 Å². The quantitative estimate of drug-likeness (QED) is 0.615. The highest BCUT2D eigenvalue weighted by Gasteiger charge is 2.15. The summed E-state index contributed by atoms with van der Waals surface area (Å²) in [7, 11) is 0. The number of halogens is 2. The Morgan fingerprint density at radius 1 is 1.10 bits per heavy atom. The van der Waals surface area contributed by atoms with Gasteiger partial charge in [0.25, 0.3) is 6.43 Å². The number of hydrogen-bond acceptors (Lipinski definition) is 4. The zero-order valence-corrected chi connectivity index (χ0v) is 10.5. The molecule has 1 N–H and O–H groups in total. The van der Waals surface area contributed by atoms with Gasteiger partial charge in [0.2, 0.25) is 0 Å². The molecule has 0 bridgehead atoms. The molecule has 0 saturated heterocycles. The Kier molecular flexibility index (Phi) is 2.44. The van der Waals surface area contributed by atoms with E-state index in [0.717, 1.165) is 16.1 Å². The van der Waals surface area contributed by atoms with E-state index in [4.69, 9.17) is 0 Å². The Morgan fingerprint density at radius 2 is 2.00 bits per heavy atom. The summed E-state index contributed by atoms with van der Waals surface area (Å²) in [4.78, 5) is 15.4. The fraction of sp³-hybridized carbons (Fsp3) is 0.0769. The molecule has 4 aromatic heterocycles. The first-order valence-corrected chi connectivity index (χ1v) is 6.16. The molecule has 8 heteroatoms. The van der Waals surface area contributed by atoms with Crippen LogP contribution in [0, 0.1) is 0 Å². The SMILES string of the molecule is FC(F)c1cnc2ccc(-c3ncc4cc[nH]c4n3)nn12. The molecule has 0 unspecified atom stereocenters. The van der Waals surface area contributed by atoms with Crippen molar-refractivity contribution >= 4 is 16.7 Å². The molecule has 4 aromatic rings. The molecule has 0 spiro atoms. The van der Waals surface area contributed by atoms with Crippen LogP contribution in [0.1, 0.15) is 12.1 Å². The van der Waals surface area contributed by atoms with Gasteiger partial charge in [0.1, 0.15) is 17.0 Å². The first-order valence-electron chi connectivity index (χ1n) is 6.16. The lowest BCUT2D eigenvalue weighted by molar-refractivity contribution is 0.143. The second kappa shape index (κ2) is 4.30. The van der Waals surface area contributed by atoms with Gasteiger partial charge in [-0.1, -0.05) is 0 Å². The maximum atomic E-state index is 12.9. The van der Waals surface area contributed by atoms with E-state index in [1.807, 2.05) is 6.07 Å². The van der Waals surface area contributed by atoms with Crippen molar-refractivity contribution in [2.24, 2.45) is 0 Å². The highest BCUT2D eigenvalue weighted by atomic mass is 19.3. The third kappa shape index (κ3) is 1.83. The van der Waals surface area contributed by atoms with Crippen LogP contribution in [0.25, 0.3) is 28.2 Å². The van der Waals surface area contributed by atoms with Crippen LogP contribution >= 0.6 is 0 Å². The van der Waals surface area contributed by atoms with Gasteiger partial charge in [-0.2, -0.15) is 5.10 Å². The molecule has 6 nitrogen and oxygen atoms in total. The zero-order chi connectivity index (χ0) is 14.4. The molecule has 0 saturated carbocycles. The number of imidazole rings is 1. The van der Waals surface area contributed by atoms with Gasteiger partial charge >= 0.3 is 0 Å². The lowest BCUT2D eigenvalue weighted by Gasteiger charge is -2.02. The molecule has 0 fully saturated rings. The van der Waals surface area contributed by atoms with Gasteiger partial charge in [0, 0.05) is 17.8 Å². The summed E-state index contributed by atoms with van der Waals surface area (Å²) in [6, 6.07) is 5.11. The second-order valence-corrected chi connectivity index (χ2v) is 4.45. The molecule has 0 aliphatic heterocycles. The van der Waals surface area contributed by atoms with Crippen molar-refractivity contribution in [2.45, 2.75) is 6.43 Å². The maximum absolute atomic E-state index is 12.9. The topological polar surface area (TPSA) is 71.8 Å². The number of rotatable bonds is 2. The summed E-state index contributed by atoms with van der Waals surface area (Å²) >= 11 is 0. The van der Waals surface area contributed by atoms with Gasteiger partial charge in [0.05, 0.1) is 6.20 Å². The van der Waals surface area contributed by atoms with Crippen LogP contribution in [-0.2, 0) is 0 Å². The lowest BCUT2D eigenvalue weighted by Crippen LogP contribution is -2.01. The highest BCUT2D eigenvalue weighted by molar-refractivity contribution is 5.76. The first-order chi connectivity index (χ1) is 10.2. The largest absolute Gasteiger partial charge is 0.346 e. The molecule has 0 aliphatic carbocycles. The molecule has 4 heterocycles. The second-order valence-electron chi connectivity index (χ2n) is 4.45. The molecule has 0 atom stereocenters. The number of hydrogen-bond donors (Lipinski definition) is 1. The number of aromatic nitrogens is 6. The van der Waals surface area contributed by atoms with Crippen molar-refractivity contribution in [1.82, 2.24) is 29.5 Å². The molecule has 0 radical (unpaired) electrons. The van der Waals surface area contributed by atoms with Crippen LogP contribution in [0.2, 0.25) is 0 Å². The van der Waals surface area contributed by atoms with Gasteiger partial charge < -0.3 is 4.98 Å². The minimum atomic E-state index is -2.64. The summed E-state index contributed by atoms with van der Waals surface area (Å²) in [6.45, 7) is 0. The van der Waals surface area contributed by atoms with Crippen LogP contribution < -0.4 is 0 Å². The molecule has 4 rings (SSSR count). The smallest absolute Gasteiger partial charge is 0.282 e. The number of fused-ring (bicyclic) bond motifs is 2. The average Bonchev–Trinajstić information content (AvgIpc) is 3.12. The van der Waals surface area contributed by atoms with Gasteiger partial charge in [-0.25, -0.2) is 28.2 Å². The predicted molar refractivity (Wildman–Crippen MR) is 70.8 cm³/mol. The highest BCUT2D eigenvalue weighted by Crippen LogP contribution is 2.21. The number of nitrogens with zero attached hydrogens (tertiary/aromatic N) is 5. The Morgan fingerprint density at radius 3 is 2.86 bits per heavy atom. The average molecular weight is 286 g/mol. The van der Waals surface area contributed by atoms with E-state index in [9.17, 15) is 8.78 Å². The van der Waals surface area contributed by atoms with Crippen LogP contribution in [-0.4, -0.2) is 29.5 Å². The monoisotopic (exact) mass is 286 g/mol. The van der Waals surface area contributed by atoms with E-state index in [1.165, 1.54) is 0 Å². The zero-order valence-electron chi connectivity index (χ0n) is 10.5. The summed E-state index contributed by atoms with van der Waals surface area (Å²) < 4.78 is 26.9. The van der Waals surface area contributed by atoms with E-state index in [2.05, 4.69) is 25.0 Å². The molecule has 0 amide bonds. The maximum Gasteiger partial charge on any atom is 0.282 e. The lowest BCUT2D eigenvalue weighted by atomic mass is 10.3.